The lowest BCUT2D eigenvalue weighted by molar-refractivity contribution is 0.822. The third-order valence-corrected chi connectivity index (χ3v) is 3.44. The van der Waals surface area contributed by atoms with Crippen molar-refractivity contribution in [3.05, 3.63) is 30.2 Å². The Morgan fingerprint density at radius 1 is 1.38 bits per heavy atom. The Kier molecular flexibility index (Phi) is 5.26. The number of aromatic nitrogens is 1. The summed E-state index contributed by atoms with van der Waals surface area (Å²) in [4.78, 5) is 2.32. The van der Waals surface area contributed by atoms with Crippen molar-refractivity contribution < 1.29 is 0 Å². The van der Waals surface area contributed by atoms with Gasteiger partial charge >= 0.3 is 0 Å². The van der Waals surface area contributed by atoms with Crippen molar-refractivity contribution in [1.29, 1.82) is 0 Å². The highest BCUT2D eigenvalue weighted by Gasteiger charge is 2.09. The minimum Gasteiger partial charge on any atom is -0.358 e. The maximum Gasteiger partial charge on any atom is 0.113 e. The Hall–Kier alpha value is -1.09. The highest BCUT2D eigenvalue weighted by molar-refractivity contribution is 8.02. The predicted molar refractivity (Wildman–Crippen MR) is 75.1 cm³/mol. The zero-order valence-electron chi connectivity index (χ0n) is 10.3. The van der Waals surface area contributed by atoms with Crippen LogP contribution in [-0.2, 0) is 0 Å². The minimum atomic E-state index is 1.02. The summed E-state index contributed by atoms with van der Waals surface area (Å²) in [7, 11) is 0. The molecule has 3 heteroatoms. The summed E-state index contributed by atoms with van der Waals surface area (Å²) in [6, 6.07) is 4.29. The van der Waals surface area contributed by atoms with Crippen LogP contribution in [0.3, 0.4) is 0 Å². The van der Waals surface area contributed by atoms with Crippen molar-refractivity contribution in [2.24, 2.45) is 0 Å². The third kappa shape index (κ3) is 2.73. The molecule has 2 nitrogen and oxygen atoms in total. The fourth-order valence-corrected chi connectivity index (χ4v) is 2.35. The maximum absolute atomic E-state index is 3.88. The molecular weight excluding hydrogens is 216 g/mol. The Morgan fingerprint density at radius 3 is 2.56 bits per heavy atom. The zero-order valence-corrected chi connectivity index (χ0v) is 11.1. The Labute approximate surface area is 103 Å². The first-order chi connectivity index (χ1) is 7.78. The molecule has 0 aliphatic rings. The zero-order chi connectivity index (χ0) is 12.0. The van der Waals surface area contributed by atoms with Gasteiger partial charge < -0.3 is 4.90 Å². The molecule has 0 aliphatic carbocycles. The average Bonchev–Trinajstić information content (AvgIpc) is 2.71. The van der Waals surface area contributed by atoms with Crippen molar-refractivity contribution in [1.82, 2.24) is 4.57 Å². The highest BCUT2D eigenvalue weighted by Crippen LogP contribution is 2.27. The number of allylic oxidation sites excluding steroid dienone is 1. The lowest BCUT2D eigenvalue weighted by atomic mass is 10.5. The molecule has 0 aliphatic heterocycles. The van der Waals surface area contributed by atoms with Crippen LogP contribution in [0.5, 0.6) is 0 Å². The highest BCUT2D eigenvalue weighted by atomic mass is 32.2. The summed E-state index contributed by atoms with van der Waals surface area (Å²) < 4.78 is 2.14. The number of hydrogen-bond donors (Lipinski definition) is 0. The van der Waals surface area contributed by atoms with E-state index in [2.05, 4.69) is 47.4 Å². The molecule has 0 bridgehead atoms. The van der Waals surface area contributed by atoms with Crippen LogP contribution in [0.2, 0.25) is 0 Å². The first-order valence-electron chi connectivity index (χ1n) is 5.65. The number of nitrogens with zero attached hydrogens (tertiary/aromatic N) is 2. The molecule has 0 spiro atoms. The van der Waals surface area contributed by atoms with Gasteiger partial charge in [-0.1, -0.05) is 24.4 Å². The summed E-state index contributed by atoms with van der Waals surface area (Å²) >= 11 is 1.72. The van der Waals surface area contributed by atoms with Crippen molar-refractivity contribution >= 4 is 23.8 Å². The first-order valence-corrected chi connectivity index (χ1v) is 6.52. The van der Waals surface area contributed by atoms with Crippen LogP contribution in [0.4, 0.5) is 5.82 Å². The molecule has 0 fully saturated rings. The van der Waals surface area contributed by atoms with Gasteiger partial charge in [-0.25, -0.2) is 0 Å². The largest absolute Gasteiger partial charge is 0.358 e. The monoisotopic (exact) mass is 236 g/mol. The fraction of sp³-hybridized carbons (Fsp3) is 0.385. The van der Waals surface area contributed by atoms with Crippen LogP contribution in [0.15, 0.2) is 35.2 Å². The molecule has 0 radical (unpaired) electrons. The van der Waals surface area contributed by atoms with Gasteiger partial charge in [0.15, 0.2) is 0 Å². The SMILES string of the molecule is C=Cn1c(S/C=C/C)ccc1N(CC)CC. The summed E-state index contributed by atoms with van der Waals surface area (Å²) in [6.07, 6.45) is 3.92. The molecule has 16 heavy (non-hydrogen) atoms. The molecular formula is C13H20N2S. The van der Waals surface area contributed by atoms with Crippen LogP contribution in [0.25, 0.3) is 6.20 Å². The topological polar surface area (TPSA) is 8.17 Å². The molecule has 1 heterocycles. The van der Waals surface area contributed by atoms with Gasteiger partial charge in [0.1, 0.15) is 5.82 Å². The number of thioether (sulfide) groups is 1. The standard InChI is InChI=1S/C13H20N2S/c1-5-11-16-13-10-9-12(15(13)8-4)14(6-2)7-3/h5,8-11H,4,6-7H2,1-3H3/b11-5+. The van der Waals surface area contributed by atoms with Gasteiger partial charge in [0.05, 0.1) is 5.03 Å². The van der Waals surface area contributed by atoms with E-state index in [1.54, 1.807) is 11.8 Å². The third-order valence-electron chi connectivity index (χ3n) is 2.45. The molecule has 1 rings (SSSR count). The van der Waals surface area contributed by atoms with Crippen LogP contribution in [0, 0.1) is 0 Å². The molecule has 1 aromatic rings. The van der Waals surface area contributed by atoms with E-state index in [0.29, 0.717) is 0 Å². The molecule has 0 N–H and O–H groups in total. The molecule has 0 saturated carbocycles. The number of rotatable bonds is 6. The van der Waals surface area contributed by atoms with Gasteiger partial charge in [0.25, 0.3) is 0 Å². The maximum atomic E-state index is 3.88. The van der Waals surface area contributed by atoms with E-state index in [4.69, 9.17) is 0 Å². The lowest BCUT2D eigenvalue weighted by Gasteiger charge is -2.22. The summed E-state index contributed by atoms with van der Waals surface area (Å²) in [5.41, 5.74) is 0. The summed E-state index contributed by atoms with van der Waals surface area (Å²) in [5, 5.41) is 3.29. The van der Waals surface area contributed by atoms with E-state index in [1.165, 1.54) is 10.8 Å². The summed E-state index contributed by atoms with van der Waals surface area (Å²) in [6.45, 7) is 12.3. The molecule has 0 atom stereocenters. The van der Waals surface area contributed by atoms with Crippen LogP contribution >= 0.6 is 11.8 Å². The number of anilines is 1. The van der Waals surface area contributed by atoms with E-state index in [0.717, 1.165) is 13.1 Å². The van der Waals surface area contributed by atoms with E-state index in [9.17, 15) is 0 Å². The Balaban J connectivity index is 3.02. The average molecular weight is 236 g/mol. The lowest BCUT2D eigenvalue weighted by Crippen LogP contribution is -2.23. The molecule has 0 amide bonds. The number of hydrogen-bond acceptors (Lipinski definition) is 2. The second kappa shape index (κ2) is 6.48. The van der Waals surface area contributed by atoms with Gasteiger partial charge in [0.2, 0.25) is 0 Å². The normalized spacial score (nSPS) is 10.9. The minimum absolute atomic E-state index is 1.02. The van der Waals surface area contributed by atoms with Crippen molar-refractivity contribution in [3.8, 4) is 0 Å². The smallest absolute Gasteiger partial charge is 0.113 e. The van der Waals surface area contributed by atoms with Crippen molar-refractivity contribution in [3.63, 3.8) is 0 Å². The second-order valence-corrected chi connectivity index (χ2v) is 4.27. The second-order valence-electron chi connectivity index (χ2n) is 3.34. The fourth-order valence-electron chi connectivity index (χ4n) is 1.64. The van der Waals surface area contributed by atoms with Gasteiger partial charge in [-0.05, 0) is 38.3 Å². The molecule has 0 aromatic carbocycles. The summed E-state index contributed by atoms with van der Waals surface area (Å²) in [5.74, 6) is 1.21. The van der Waals surface area contributed by atoms with Crippen LogP contribution in [-0.4, -0.2) is 17.7 Å². The van der Waals surface area contributed by atoms with Gasteiger partial charge in [-0.3, -0.25) is 4.57 Å². The predicted octanol–water partition coefficient (Wildman–Crippen LogP) is 4.06. The molecule has 0 saturated heterocycles. The van der Waals surface area contributed by atoms with Gasteiger partial charge in [-0.15, -0.1) is 0 Å². The first kappa shape index (κ1) is 13.0. The van der Waals surface area contributed by atoms with E-state index < -0.39 is 0 Å². The van der Waals surface area contributed by atoms with Gasteiger partial charge in [0, 0.05) is 19.3 Å². The molecule has 0 unspecified atom stereocenters. The molecule has 88 valence electrons. The van der Waals surface area contributed by atoms with E-state index >= 15 is 0 Å². The van der Waals surface area contributed by atoms with Crippen molar-refractivity contribution in [2.75, 3.05) is 18.0 Å². The van der Waals surface area contributed by atoms with Gasteiger partial charge in [-0.2, -0.15) is 0 Å². The van der Waals surface area contributed by atoms with Crippen LogP contribution in [0.1, 0.15) is 20.8 Å². The van der Waals surface area contributed by atoms with E-state index in [1.807, 2.05) is 19.2 Å². The Morgan fingerprint density at radius 2 is 2.06 bits per heavy atom. The van der Waals surface area contributed by atoms with E-state index in [-0.39, 0.29) is 0 Å². The van der Waals surface area contributed by atoms with Crippen LogP contribution < -0.4 is 4.90 Å². The van der Waals surface area contributed by atoms with Crippen molar-refractivity contribution in [2.45, 2.75) is 25.8 Å². The quantitative estimate of drug-likeness (QED) is 0.688. The Bertz CT molecular complexity index is 362. The molecule has 1 aromatic heterocycles.